The molecule has 98 valence electrons. The zero-order chi connectivity index (χ0) is 13.5. The molecule has 18 heavy (non-hydrogen) atoms. The van der Waals surface area contributed by atoms with E-state index in [4.69, 9.17) is 0 Å². The maximum Gasteiger partial charge on any atom is 0.269 e. The van der Waals surface area contributed by atoms with Gasteiger partial charge in [0.25, 0.3) is 5.69 Å². The summed E-state index contributed by atoms with van der Waals surface area (Å²) in [7, 11) is 0. The molecule has 5 nitrogen and oxygen atoms in total. The second-order valence-corrected chi connectivity index (χ2v) is 4.97. The van der Waals surface area contributed by atoms with Gasteiger partial charge >= 0.3 is 0 Å². The normalized spacial score (nSPS) is 11.9. The molecular formula is C12H16N2O3S. The minimum Gasteiger partial charge on any atom is -0.353 e. The average Bonchev–Trinajstić information content (AvgIpc) is 2.36. The Balaban J connectivity index is 2.44. The van der Waals surface area contributed by atoms with Gasteiger partial charge in [0.15, 0.2) is 0 Å². The lowest BCUT2D eigenvalue weighted by molar-refractivity contribution is -0.384. The molecule has 0 heterocycles. The Morgan fingerprint density at radius 2 is 2.06 bits per heavy atom. The van der Waals surface area contributed by atoms with Crippen LogP contribution in [0.25, 0.3) is 0 Å². The lowest BCUT2D eigenvalue weighted by Crippen LogP contribution is -2.33. The van der Waals surface area contributed by atoms with E-state index in [0.29, 0.717) is 5.75 Å². The summed E-state index contributed by atoms with van der Waals surface area (Å²) < 4.78 is 0. The van der Waals surface area contributed by atoms with Gasteiger partial charge < -0.3 is 5.32 Å². The van der Waals surface area contributed by atoms with Gasteiger partial charge in [0.1, 0.15) is 0 Å². The number of nitrogens with one attached hydrogen (secondary N) is 1. The number of rotatable bonds is 6. The number of carbonyl (C=O) groups excluding carboxylic acids is 1. The van der Waals surface area contributed by atoms with Gasteiger partial charge in [-0.2, -0.15) is 0 Å². The Labute approximate surface area is 110 Å². The third-order valence-corrected chi connectivity index (χ3v) is 3.45. The zero-order valence-corrected chi connectivity index (χ0v) is 11.2. The molecule has 0 radical (unpaired) electrons. The van der Waals surface area contributed by atoms with E-state index < -0.39 is 4.92 Å². The number of nitro groups is 1. The topological polar surface area (TPSA) is 72.2 Å². The maximum atomic E-state index is 11.5. The van der Waals surface area contributed by atoms with Crippen molar-refractivity contribution in [2.24, 2.45) is 0 Å². The van der Waals surface area contributed by atoms with E-state index in [9.17, 15) is 14.9 Å². The van der Waals surface area contributed by atoms with E-state index in [0.717, 1.165) is 11.3 Å². The fraction of sp³-hybridized carbons (Fsp3) is 0.417. The van der Waals surface area contributed by atoms with E-state index in [1.54, 1.807) is 12.1 Å². The molecule has 0 spiro atoms. The van der Waals surface area contributed by atoms with Gasteiger partial charge in [-0.1, -0.05) is 6.92 Å². The van der Waals surface area contributed by atoms with E-state index in [2.05, 4.69) is 5.32 Å². The summed E-state index contributed by atoms with van der Waals surface area (Å²) in [4.78, 5) is 22.4. The van der Waals surface area contributed by atoms with Crippen LogP contribution in [0.1, 0.15) is 20.3 Å². The van der Waals surface area contributed by atoms with Crippen LogP contribution in [0.4, 0.5) is 5.69 Å². The molecule has 0 aromatic heterocycles. The fourth-order valence-corrected chi connectivity index (χ4v) is 1.94. The molecule has 0 aliphatic heterocycles. The van der Waals surface area contributed by atoms with E-state index in [-0.39, 0.29) is 17.6 Å². The summed E-state index contributed by atoms with van der Waals surface area (Å²) in [6.07, 6.45) is 0.897. The number of benzene rings is 1. The number of nitrogens with zero attached hydrogens (tertiary/aromatic N) is 1. The first-order valence-corrected chi connectivity index (χ1v) is 6.68. The Bertz CT molecular complexity index is 420. The summed E-state index contributed by atoms with van der Waals surface area (Å²) in [6.45, 7) is 3.96. The van der Waals surface area contributed by atoms with Gasteiger partial charge in [-0.3, -0.25) is 14.9 Å². The molecule has 1 N–H and O–H groups in total. The largest absolute Gasteiger partial charge is 0.353 e. The highest BCUT2D eigenvalue weighted by molar-refractivity contribution is 8.00. The summed E-state index contributed by atoms with van der Waals surface area (Å²) in [5.41, 5.74) is 0.0587. The molecule has 0 aliphatic carbocycles. The molecule has 0 fully saturated rings. The van der Waals surface area contributed by atoms with E-state index >= 15 is 0 Å². The minimum absolute atomic E-state index is 0.0206. The van der Waals surface area contributed by atoms with Gasteiger partial charge in [-0.15, -0.1) is 11.8 Å². The molecule has 1 aromatic rings. The highest BCUT2D eigenvalue weighted by Crippen LogP contribution is 2.21. The van der Waals surface area contributed by atoms with Crippen LogP contribution < -0.4 is 5.32 Å². The molecule has 0 saturated heterocycles. The quantitative estimate of drug-likeness (QED) is 0.489. The molecule has 1 atom stereocenters. The van der Waals surface area contributed by atoms with Crippen LogP contribution in [0.3, 0.4) is 0 Å². The maximum absolute atomic E-state index is 11.5. The first-order chi connectivity index (χ1) is 8.52. The molecule has 1 amide bonds. The van der Waals surface area contributed by atoms with Crippen LogP contribution in [0, 0.1) is 10.1 Å². The molecule has 0 saturated carbocycles. The van der Waals surface area contributed by atoms with Crippen LogP contribution in [0.15, 0.2) is 29.2 Å². The van der Waals surface area contributed by atoms with Crippen LogP contribution >= 0.6 is 11.8 Å². The number of amides is 1. The number of thioether (sulfide) groups is 1. The molecule has 0 aliphatic rings. The second-order valence-electron chi connectivity index (χ2n) is 3.92. The number of non-ortho nitro benzene ring substituents is 1. The van der Waals surface area contributed by atoms with Crippen molar-refractivity contribution in [1.82, 2.24) is 5.32 Å². The van der Waals surface area contributed by atoms with Crippen LogP contribution in [0.2, 0.25) is 0 Å². The molecule has 1 aromatic carbocycles. The van der Waals surface area contributed by atoms with Crippen molar-refractivity contribution in [2.75, 3.05) is 5.75 Å². The zero-order valence-electron chi connectivity index (χ0n) is 10.4. The lowest BCUT2D eigenvalue weighted by atomic mass is 10.3. The van der Waals surface area contributed by atoms with Gasteiger partial charge in [-0.25, -0.2) is 0 Å². The fourth-order valence-electron chi connectivity index (χ4n) is 1.23. The first-order valence-electron chi connectivity index (χ1n) is 5.69. The molecular weight excluding hydrogens is 252 g/mol. The van der Waals surface area contributed by atoms with Crippen LogP contribution in [-0.4, -0.2) is 22.6 Å². The number of nitro benzene ring substituents is 1. The minimum atomic E-state index is -0.440. The summed E-state index contributed by atoms with van der Waals surface area (Å²) >= 11 is 1.37. The Kier molecular flexibility index (Phi) is 5.64. The highest BCUT2D eigenvalue weighted by atomic mass is 32.2. The van der Waals surface area contributed by atoms with Crippen LogP contribution in [-0.2, 0) is 4.79 Å². The molecule has 6 heteroatoms. The monoisotopic (exact) mass is 268 g/mol. The average molecular weight is 268 g/mol. The number of carbonyl (C=O) groups is 1. The predicted molar refractivity (Wildman–Crippen MR) is 71.7 cm³/mol. The van der Waals surface area contributed by atoms with Crippen molar-refractivity contribution in [3.8, 4) is 0 Å². The Hall–Kier alpha value is -1.56. The Morgan fingerprint density at radius 3 is 2.56 bits per heavy atom. The standard InChI is InChI=1S/C12H16N2O3S/c1-3-9(2)13-12(15)8-18-11-6-4-10(5-7-11)14(16)17/h4-7,9H,3,8H2,1-2H3,(H,13,15)/t9-/m0/s1. The van der Waals surface area contributed by atoms with Gasteiger partial charge in [0.2, 0.25) is 5.91 Å². The van der Waals surface area contributed by atoms with E-state index in [1.165, 1.54) is 23.9 Å². The number of hydrogen-bond acceptors (Lipinski definition) is 4. The van der Waals surface area contributed by atoms with Crippen molar-refractivity contribution in [3.05, 3.63) is 34.4 Å². The third-order valence-electron chi connectivity index (χ3n) is 2.44. The molecule has 1 rings (SSSR count). The van der Waals surface area contributed by atoms with Crippen molar-refractivity contribution in [1.29, 1.82) is 0 Å². The predicted octanol–water partition coefficient (Wildman–Crippen LogP) is 2.60. The smallest absolute Gasteiger partial charge is 0.269 e. The SMILES string of the molecule is CC[C@H](C)NC(=O)CSc1ccc([N+](=O)[O-])cc1. The second kappa shape index (κ2) is 7.00. The summed E-state index contributed by atoms with van der Waals surface area (Å²) in [5.74, 6) is 0.301. The van der Waals surface area contributed by atoms with Gasteiger partial charge in [-0.05, 0) is 25.5 Å². The van der Waals surface area contributed by atoms with Crippen molar-refractivity contribution in [3.63, 3.8) is 0 Å². The highest BCUT2D eigenvalue weighted by Gasteiger charge is 2.08. The van der Waals surface area contributed by atoms with E-state index in [1.807, 2.05) is 13.8 Å². The van der Waals surface area contributed by atoms with Crippen molar-refractivity contribution >= 4 is 23.4 Å². The third kappa shape index (κ3) is 4.75. The van der Waals surface area contributed by atoms with Gasteiger partial charge in [0.05, 0.1) is 10.7 Å². The Morgan fingerprint density at radius 1 is 1.44 bits per heavy atom. The van der Waals surface area contributed by atoms with Crippen LogP contribution in [0.5, 0.6) is 0 Å². The van der Waals surface area contributed by atoms with Gasteiger partial charge in [0, 0.05) is 23.1 Å². The summed E-state index contributed by atoms with van der Waals surface area (Å²) in [5, 5.41) is 13.3. The molecule has 0 unspecified atom stereocenters. The first kappa shape index (κ1) is 14.5. The molecule has 0 bridgehead atoms. The summed E-state index contributed by atoms with van der Waals surface area (Å²) in [6, 6.07) is 6.36. The van der Waals surface area contributed by atoms with Crippen molar-refractivity contribution < 1.29 is 9.72 Å². The van der Waals surface area contributed by atoms with Crippen molar-refractivity contribution in [2.45, 2.75) is 31.2 Å². The number of hydrogen-bond donors (Lipinski definition) is 1. The lowest BCUT2D eigenvalue weighted by Gasteiger charge is -2.10.